The Kier molecular flexibility index (Phi) is 10.4. The Labute approximate surface area is 237 Å². The van der Waals surface area contributed by atoms with Crippen LogP contribution in [0.5, 0.6) is 28.7 Å². The normalized spacial score (nSPS) is 11.1. The van der Waals surface area contributed by atoms with E-state index in [1.807, 2.05) is 0 Å². The molecule has 0 radical (unpaired) electrons. The van der Waals surface area contributed by atoms with Gasteiger partial charge in [0, 0.05) is 17.2 Å². The van der Waals surface area contributed by atoms with Crippen LogP contribution in [0.25, 0.3) is 11.1 Å². The summed E-state index contributed by atoms with van der Waals surface area (Å²) in [4.78, 5) is 23.7. The lowest BCUT2D eigenvalue weighted by atomic mass is 10.1. The summed E-state index contributed by atoms with van der Waals surface area (Å²) in [7, 11) is 0. The Hall–Kier alpha value is -4.89. The quantitative estimate of drug-likeness (QED) is 0.0658. The van der Waals surface area contributed by atoms with E-state index in [1.54, 1.807) is 50.2 Å². The van der Waals surface area contributed by atoms with Gasteiger partial charge < -0.3 is 28.8 Å². The molecule has 0 saturated carbocycles. The highest BCUT2D eigenvalue weighted by Crippen LogP contribution is 2.33. The molecule has 0 saturated heterocycles. The lowest BCUT2D eigenvalue weighted by Gasteiger charge is -2.17. The fourth-order valence-electron chi connectivity index (χ4n) is 3.18. The summed E-state index contributed by atoms with van der Waals surface area (Å²) in [6.07, 6.45) is -1.30. The van der Waals surface area contributed by atoms with E-state index in [1.165, 1.54) is 31.2 Å². The Bertz CT molecular complexity index is 1460. The smallest absolute Gasteiger partial charge is 0.338 e. The summed E-state index contributed by atoms with van der Waals surface area (Å²) < 4.78 is 41.8. The van der Waals surface area contributed by atoms with Gasteiger partial charge in [-0.25, -0.2) is 14.0 Å². The molecule has 1 atom stereocenters. The highest BCUT2D eigenvalue weighted by molar-refractivity contribution is 5.89. The summed E-state index contributed by atoms with van der Waals surface area (Å²) in [5.41, 5.74) is 2.15. The number of ether oxygens (including phenoxy) is 5. The lowest BCUT2D eigenvalue weighted by Crippen LogP contribution is -2.18. The maximum atomic E-state index is 14.7. The molecule has 0 amide bonds. The van der Waals surface area contributed by atoms with Gasteiger partial charge in [0.05, 0.1) is 0 Å². The molecule has 0 heterocycles. The van der Waals surface area contributed by atoms with Gasteiger partial charge in [-0.05, 0) is 73.9 Å². The van der Waals surface area contributed by atoms with Crippen LogP contribution in [0, 0.1) is 5.82 Å². The number of aliphatic hydroxyl groups is 1. The molecular formula is C32H31FO8. The molecule has 214 valence electrons. The van der Waals surface area contributed by atoms with Crippen molar-refractivity contribution < 1.29 is 42.8 Å². The lowest BCUT2D eigenvalue weighted by molar-refractivity contribution is -0.131. The van der Waals surface area contributed by atoms with Crippen molar-refractivity contribution in [2.24, 2.45) is 0 Å². The number of benzene rings is 3. The molecule has 0 aliphatic rings. The van der Waals surface area contributed by atoms with E-state index in [-0.39, 0.29) is 41.6 Å². The van der Waals surface area contributed by atoms with Gasteiger partial charge in [0.1, 0.15) is 24.7 Å². The van der Waals surface area contributed by atoms with Crippen LogP contribution in [0.1, 0.15) is 20.8 Å². The van der Waals surface area contributed by atoms with E-state index < -0.39 is 24.0 Å². The molecule has 8 nitrogen and oxygen atoms in total. The molecule has 3 aromatic rings. The molecule has 9 heteroatoms. The minimum Gasteiger partial charge on any atom is -0.490 e. The summed E-state index contributed by atoms with van der Waals surface area (Å²) in [6.45, 7) is 15.4. The number of halogens is 1. The van der Waals surface area contributed by atoms with Crippen LogP contribution in [-0.4, -0.2) is 36.5 Å². The SMILES string of the molecule is C=C(C)C(=O)Oc1ccc(-c2ccc(OCCOc3ccc(OC(O)C(=C)C)c(OC(=O)C(=C)C)c3)c(F)c2)cc1. The fraction of sp³-hybridized carbons (Fsp3) is 0.188. The van der Waals surface area contributed by atoms with Gasteiger partial charge in [-0.1, -0.05) is 37.9 Å². The first-order chi connectivity index (χ1) is 19.4. The standard InChI is InChI=1S/C32H31FO8/c1-19(2)30(34)39-24-10-7-22(8-11-24)23-9-13-27(26(33)17-23)38-16-15-37-25-12-14-28(40-31(35)20(3)4)29(18-25)41-32(36)21(5)6/h7-14,17-18,31,35H,1,3,5,15-16H2,2,4,6H3. The molecule has 3 aromatic carbocycles. The van der Waals surface area contributed by atoms with Gasteiger partial charge in [-0.2, -0.15) is 0 Å². The van der Waals surface area contributed by atoms with Crippen molar-refractivity contribution in [3.63, 3.8) is 0 Å². The van der Waals surface area contributed by atoms with Gasteiger partial charge in [-0.3, -0.25) is 0 Å². The molecule has 0 spiro atoms. The summed E-state index contributed by atoms with van der Waals surface area (Å²) in [5.74, 6) is -0.932. The number of carbonyl (C=O) groups excluding carboxylic acids is 2. The minimum atomic E-state index is -1.30. The number of rotatable bonds is 13. The average molecular weight is 563 g/mol. The Morgan fingerprint density at radius 1 is 0.732 bits per heavy atom. The predicted molar refractivity (Wildman–Crippen MR) is 152 cm³/mol. The summed E-state index contributed by atoms with van der Waals surface area (Å²) in [5, 5.41) is 9.98. The summed E-state index contributed by atoms with van der Waals surface area (Å²) >= 11 is 0. The molecule has 0 aliphatic heterocycles. The zero-order chi connectivity index (χ0) is 30.1. The first kappa shape index (κ1) is 30.6. The van der Waals surface area contributed by atoms with Gasteiger partial charge in [0.15, 0.2) is 23.1 Å². The number of esters is 2. The Morgan fingerprint density at radius 2 is 1.29 bits per heavy atom. The zero-order valence-corrected chi connectivity index (χ0v) is 23.1. The Balaban J connectivity index is 1.60. The van der Waals surface area contributed by atoms with Crippen LogP contribution in [0.2, 0.25) is 0 Å². The number of carbonyl (C=O) groups is 2. The van der Waals surface area contributed by atoms with Gasteiger partial charge in [0.25, 0.3) is 0 Å². The second-order valence-electron chi connectivity index (χ2n) is 9.13. The predicted octanol–water partition coefficient (Wildman–Crippen LogP) is 6.19. The van der Waals surface area contributed by atoms with Gasteiger partial charge in [0.2, 0.25) is 6.29 Å². The molecule has 3 rings (SSSR count). The van der Waals surface area contributed by atoms with Crippen LogP contribution in [-0.2, 0) is 9.59 Å². The fourth-order valence-corrected chi connectivity index (χ4v) is 3.18. The molecule has 0 aromatic heterocycles. The van der Waals surface area contributed by atoms with E-state index in [9.17, 15) is 19.1 Å². The topological polar surface area (TPSA) is 101 Å². The van der Waals surface area contributed by atoms with Crippen LogP contribution in [0.4, 0.5) is 4.39 Å². The van der Waals surface area contributed by atoms with Crippen LogP contribution in [0.15, 0.2) is 97.1 Å². The number of hydrogen-bond donors (Lipinski definition) is 1. The average Bonchev–Trinajstić information content (AvgIpc) is 2.93. The third-order valence-corrected chi connectivity index (χ3v) is 5.41. The molecule has 0 fully saturated rings. The van der Waals surface area contributed by atoms with Crippen molar-refractivity contribution in [1.29, 1.82) is 0 Å². The molecule has 41 heavy (non-hydrogen) atoms. The molecule has 1 N–H and O–H groups in total. The maximum absolute atomic E-state index is 14.7. The highest BCUT2D eigenvalue weighted by Gasteiger charge is 2.16. The van der Waals surface area contributed by atoms with Crippen LogP contribution >= 0.6 is 0 Å². The highest BCUT2D eigenvalue weighted by atomic mass is 19.1. The van der Waals surface area contributed by atoms with Gasteiger partial charge in [-0.15, -0.1) is 0 Å². The first-order valence-corrected chi connectivity index (χ1v) is 12.5. The monoisotopic (exact) mass is 562 g/mol. The third kappa shape index (κ3) is 8.81. The second kappa shape index (κ2) is 14.0. The molecule has 0 bridgehead atoms. The van der Waals surface area contributed by atoms with E-state index >= 15 is 0 Å². The number of hydrogen-bond acceptors (Lipinski definition) is 8. The molecular weight excluding hydrogens is 531 g/mol. The Morgan fingerprint density at radius 3 is 1.90 bits per heavy atom. The van der Waals surface area contributed by atoms with Crippen LogP contribution < -0.4 is 23.7 Å². The second-order valence-corrected chi connectivity index (χ2v) is 9.13. The summed E-state index contributed by atoms with van der Waals surface area (Å²) in [6, 6.07) is 15.6. The van der Waals surface area contributed by atoms with Crippen molar-refractivity contribution in [1.82, 2.24) is 0 Å². The van der Waals surface area contributed by atoms with Crippen LogP contribution in [0.3, 0.4) is 0 Å². The van der Waals surface area contributed by atoms with Crippen molar-refractivity contribution in [3.8, 4) is 39.9 Å². The minimum absolute atomic E-state index is 0.0142. The van der Waals surface area contributed by atoms with E-state index in [4.69, 9.17) is 23.7 Å². The van der Waals surface area contributed by atoms with Crippen molar-refractivity contribution in [2.75, 3.05) is 13.2 Å². The van der Waals surface area contributed by atoms with Crippen molar-refractivity contribution in [2.45, 2.75) is 27.1 Å². The van der Waals surface area contributed by atoms with Gasteiger partial charge >= 0.3 is 11.9 Å². The van der Waals surface area contributed by atoms with E-state index in [2.05, 4.69) is 19.7 Å². The largest absolute Gasteiger partial charge is 0.490 e. The van der Waals surface area contributed by atoms with E-state index in [0.717, 1.165) is 5.56 Å². The number of aliphatic hydroxyl groups excluding tert-OH is 1. The zero-order valence-electron chi connectivity index (χ0n) is 23.1. The first-order valence-electron chi connectivity index (χ1n) is 12.5. The molecule has 1 unspecified atom stereocenters. The van der Waals surface area contributed by atoms with Crippen molar-refractivity contribution in [3.05, 3.63) is 103 Å². The van der Waals surface area contributed by atoms with E-state index in [0.29, 0.717) is 22.6 Å². The maximum Gasteiger partial charge on any atom is 0.338 e. The molecule has 0 aliphatic carbocycles. The van der Waals surface area contributed by atoms with Crippen molar-refractivity contribution >= 4 is 11.9 Å². The third-order valence-electron chi connectivity index (χ3n) is 5.41.